The van der Waals surface area contributed by atoms with Gasteiger partial charge in [0.25, 0.3) is 0 Å². The summed E-state index contributed by atoms with van der Waals surface area (Å²) in [6.07, 6.45) is 2.22. The minimum atomic E-state index is -3.61. The number of carbonyl (C=O) groups is 1. The van der Waals surface area contributed by atoms with Crippen LogP contribution in [0.25, 0.3) is 0 Å². The van der Waals surface area contributed by atoms with Gasteiger partial charge in [-0.05, 0) is 37.5 Å². The van der Waals surface area contributed by atoms with Crippen molar-refractivity contribution in [3.05, 3.63) is 65.7 Å². The van der Waals surface area contributed by atoms with Crippen molar-refractivity contribution in [3.8, 4) is 0 Å². The number of nitrogens with one attached hydrogen (secondary N) is 1. The van der Waals surface area contributed by atoms with E-state index in [-0.39, 0.29) is 11.9 Å². The number of anilines is 1. The minimum absolute atomic E-state index is 0.163. The van der Waals surface area contributed by atoms with Gasteiger partial charge in [0.1, 0.15) is 6.04 Å². The van der Waals surface area contributed by atoms with Crippen LogP contribution in [-0.2, 0) is 14.8 Å². The van der Waals surface area contributed by atoms with E-state index in [1.165, 1.54) is 4.31 Å². The second-order valence-electron chi connectivity index (χ2n) is 6.70. The van der Waals surface area contributed by atoms with E-state index >= 15 is 0 Å². The molecule has 0 aromatic heterocycles. The number of carbonyl (C=O) groups excluding carboxylic acids is 1. The molecule has 2 atom stereocenters. The summed E-state index contributed by atoms with van der Waals surface area (Å²) in [5.74, 6) is -0.292. The molecule has 0 spiro atoms. The first-order valence-corrected chi connectivity index (χ1v) is 11.0. The molecule has 1 N–H and O–H groups in total. The van der Waals surface area contributed by atoms with Crippen LogP contribution in [0.4, 0.5) is 5.69 Å². The maximum Gasteiger partial charge on any atom is 0.244 e. The Morgan fingerprint density at radius 2 is 1.59 bits per heavy atom. The highest BCUT2D eigenvalue weighted by Crippen LogP contribution is 2.23. The Kier molecular flexibility index (Phi) is 7.02. The Hall–Kier alpha value is -2.34. The summed E-state index contributed by atoms with van der Waals surface area (Å²) in [6, 6.07) is 15.8. The molecule has 0 bridgehead atoms. The predicted octanol–water partition coefficient (Wildman–Crippen LogP) is 3.81. The summed E-state index contributed by atoms with van der Waals surface area (Å²) in [4.78, 5) is 13.0. The summed E-state index contributed by atoms with van der Waals surface area (Å²) in [5.41, 5.74) is 2.65. The number of amides is 1. The molecule has 2 aromatic carbocycles. The Labute approximate surface area is 162 Å². The molecule has 1 amide bonds. The Morgan fingerprint density at radius 1 is 1.00 bits per heavy atom. The van der Waals surface area contributed by atoms with Crippen molar-refractivity contribution in [3.63, 3.8) is 0 Å². The fraction of sp³-hybridized carbons (Fsp3) is 0.381. The minimum Gasteiger partial charge on any atom is -0.347 e. The number of nitrogens with zero attached hydrogens (tertiary/aromatic N) is 1. The van der Waals surface area contributed by atoms with Crippen molar-refractivity contribution in [2.75, 3.05) is 10.6 Å². The lowest BCUT2D eigenvalue weighted by Crippen LogP contribution is -2.50. The van der Waals surface area contributed by atoms with Gasteiger partial charge in [-0.15, -0.1) is 0 Å². The van der Waals surface area contributed by atoms with Gasteiger partial charge in [-0.2, -0.15) is 0 Å². The maximum absolute atomic E-state index is 13.0. The summed E-state index contributed by atoms with van der Waals surface area (Å²) in [6.45, 7) is 5.83. The molecule has 0 fully saturated rings. The van der Waals surface area contributed by atoms with Gasteiger partial charge in [-0.3, -0.25) is 9.10 Å². The van der Waals surface area contributed by atoms with Gasteiger partial charge in [0.05, 0.1) is 18.0 Å². The molecular formula is C21H28N2O3S. The van der Waals surface area contributed by atoms with Crippen molar-refractivity contribution >= 4 is 21.6 Å². The summed E-state index contributed by atoms with van der Waals surface area (Å²) >= 11 is 0. The third kappa shape index (κ3) is 5.32. The number of aryl methyl sites for hydroxylation is 1. The van der Waals surface area contributed by atoms with E-state index in [1.54, 1.807) is 24.3 Å². The largest absolute Gasteiger partial charge is 0.347 e. The number of benzene rings is 2. The zero-order valence-electron chi connectivity index (χ0n) is 16.3. The Balaban J connectivity index is 2.30. The van der Waals surface area contributed by atoms with Crippen LogP contribution in [0.5, 0.6) is 0 Å². The van der Waals surface area contributed by atoms with Crippen molar-refractivity contribution in [2.24, 2.45) is 0 Å². The van der Waals surface area contributed by atoms with E-state index in [4.69, 9.17) is 0 Å². The standard InChI is InChI=1S/C21H28N2O3S/c1-5-19(17-14-12-16(3)13-15-17)22-21(24)20(6-2)23(27(4,25)26)18-10-8-7-9-11-18/h7-15,19-20H,5-6H2,1-4H3,(H,22,24). The first-order valence-electron chi connectivity index (χ1n) is 9.19. The molecule has 2 unspecified atom stereocenters. The van der Waals surface area contributed by atoms with Crippen LogP contribution in [0.15, 0.2) is 54.6 Å². The van der Waals surface area contributed by atoms with Crippen molar-refractivity contribution in [1.29, 1.82) is 0 Å². The number of para-hydroxylation sites is 1. The van der Waals surface area contributed by atoms with Crippen molar-refractivity contribution in [1.82, 2.24) is 5.32 Å². The fourth-order valence-electron chi connectivity index (χ4n) is 3.12. The van der Waals surface area contributed by atoms with Crippen LogP contribution in [-0.4, -0.2) is 26.6 Å². The SMILES string of the molecule is CCC(NC(=O)C(CC)N(c1ccccc1)S(C)(=O)=O)c1ccc(C)cc1. The normalized spacial score (nSPS) is 13.6. The van der Waals surface area contributed by atoms with E-state index in [0.717, 1.165) is 23.8 Å². The molecule has 2 rings (SSSR count). The lowest BCUT2D eigenvalue weighted by Gasteiger charge is -2.31. The highest BCUT2D eigenvalue weighted by Gasteiger charge is 2.32. The van der Waals surface area contributed by atoms with Gasteiger partial charge in [0.2, 0.25) is 15.9 Å². The van der Waals surface area contributed by atoms with Gasteiger partial charge in [0, 0.05) is 0 Å². The highest BCUT2D eigenvalue weighted by atomic mass is 32.2. The molecule has 2 aromatic rings. The monoisotopic (exact) mass is 388 g/mol. The average Bonchev–Trinajstić information content (AvgIpc) is 2.64. The fourth-order valence-corrected chi connectivity index (χ4v) is 4.33. The Bertz CT molecular complexity index is 849. The zero-order valence-corrected chi connectivity index (χ0v) is 17.2. The molecule has 0 heterocycles. The van der Waals surface area contributed by atoms with Gasteiger partial charge in [0.15, 0.2) is 0 Å². The highest BCUT2D eigenvalue weighted by molar-refractivity contribution is 7.92. The maximum atomic E-state index is 13.0. The molecule has 0 aliphatic rings. The molecule has 6 heteroatoms. The van der Waals surface area contributed by atoms with Gasteiger partial charge in [-0.1, -0.05) is 61.9 Å². The molecule has 27 heavy (non-hydrogen) atoms. The third-order valence-electron chi connectivity index (χ3n) is 4.54. The second kappa shape index (κ2) is 9.04. The van der Waals surface area contributed by atoms with Crippen molar-refractivity contribution < 1.29 is 13.2 Å². The van der Waals surface area contributed by atoms with E-state index in [1.807, 2.05) is 51.1 Å². The number of rotatable bonds is 8. The van der Waals surface area contributed by atoms with Crippen LogP contribution in [0, 0.1) is 6.92 Å². The van der Waals surface area contributed by atoms with Gasteiger partial charge >= 0.3 is 0 Å². The molecular weight excluding hydrogens is 360 g/mol. The molecule has 0 saturated carbocycles. The zero-order chi connectivity index (χ0) is 20.0. The molecule has 0 aliphatic heterocycles. The lowest BCUT2D eigenvalue weighted by atomic mass is 10.0. The van der Waals surface area contributed by atoms with Crippen molar-refractivity contribution in [2.45, 2.75) is 45.7 Å². The van der Waals surface area contributed by atoms with E-state index in [9.17, 15) is 13.2 Å². The smallest absolute Gasteiger partial charge is 0.244 e. The van der Waals surface area contributed by atoms with Crippen LogP contribution < -0.4 is 9.62 Å². The quantitative estimate of drug-likeness (QED) is 0.748. The number of sulfonamides is 1. The molecule has 0 radical (unpaired) electrons. The Morgan fingerprint density at radius 3 is 2.07 bits per heavy atom. The third-order valence-corrected chi connectivity index (χ3v) is 5.72. The lowest BCUT2D eigenvalue weighted by molar-refractivity contribution is -0.123. The topological polar surface area (TPSA) is 66.5 Å². The van der Waals surface area contributed by atoms with Gasteiger partial charge in [-0.25, -0.2) is 8.42 Å². The average molecular weight is 389 g/mol. The van der Waals surface area contributed by atoms with Crippen LogP contribution in [0.1, 0.15) is 43.9 Å². The summed E-state index contributed by atoms with van der Waals surface area (Å²) in [5, 5.41) is 3.03. The molecule has 0 saturated heterocycles. The van der Waals surface area contributed by atoms with Crippen LogP contribution in [0.3, 0.4) is 0 Å². The van der Waals surface area contributed by atoms with E-state index in [0.29, 0.717) is 12.1 Å². The first kappa shape index (κ1) is 21.0. The second-order valence-corrected chi connectivity index (χ2v) is 8.56. The van der Waals surface area contributed by atoms with E-state index < -0.39 is 16.1 Å². The van der Waals surface area contributed by atoms with Crippen LogP contribution in [0.2, 0.25) is 0 Å². The number of hydrogen-bond acceptors (Lipinski definition) is 3. The summed E-state index contributed by atoms with van der Waals surface area (Å²) < 4.78 is 26.1. The molecule has 5 nitrogen and oxygen atoms in total. The molecule has 0 aliphatic carbocycles. The number of hydrogen-bond donors (Lipinski definition) is 1. The predicted molar refractivity (Wildman–Crippen MR) is 110 cm³/mol. The van der Waals surface area contributed by atoms with E-state index in [2.05, 4.69) is 5.32 Å². The first-order chi connectivity index (χ1) is 12.8. The summed E-state index contributed by atoms with van der Waals surface area (Å²) in [7, 11) is -3.61. The van der Waals surface area contributed by atoms with Gasteiger partial charge < -0.3 is 5.32 Å². The van der Waals surface area contributed by atoms with Crippen LogP contribution >= 0.6 is 0 Å². The molecule has 146 valence electrons.